The van der Waals surface area contributed by atoms with Gasteiger partial charge in [0.15, 0.2) is 6.61 Å². The van der Waals surface area contributed by atoms with Crippen LogP contribution in [0.3, 0.4) is 0 Å². The third kappa shape index (κ3) is 4.04. The fourth-order valence-corrected chi connectivity index (χ4v) is 3.33. The number of amides is 2. The maximum absolute atomic E-state index is 12.5. The largest absolute Gasteiger partial charge is 0.484 e. The first kappa shape index (κ1) is 18.0. The highest BCUT2D eigenvalue weighted by atomic mass is 16.5. The SMILES string of the molecule is CCc1nccn1C1CCCN(C(=O)COc2cccc(C(N)=O)c2)C1. The summed E-state index contributed by atoms with van der Waals surface area (Å²) in [6.07, 6.45) is 6.66. The van der Waals surface area contributed by atoms with Gasteiger partial charge in [-0.15, -0.1) is 0 Å². The first-order valence-electron chi connectivity index (χ1n) is 8.90. The number of nitrogens with two attached hydrogens (primary N) is 1. The molecular weight excluding hydrogens is 332 g/mol. The molecule has 2 N–H and O–H groups in total. The van der Waals surface area contributed by atoms with Gasteiger partial charge in [-0.05, 0) is 31.0 Å². The summed E-state index contributed by atoms with van der Waals surface area (Å²) < 4.78 is 7.74. The van der Waals surface area contributed by atoms with Crippen LogP contribution in [-0.4, -0.2) is 46.0 Å². The van der Waals surface area contributed by atoms with Crippen LogP contribution in [0.1, 0.15) is 42.0 Å². The van der Waals surface area contributed by atoms with E-state index >= 15 is 0 Å². The van der Waals surface area contributed by atoms with Gasteiger partial charge >= 0.3 is 0 Å². The van der Waals surface area contributed by atoms with Gasteiger partial charge in [0.1, 0.15) is 11.6 Å². The second kappa shape index (κ2) is 8.03. The van der Waals surface area contributed by atoms with Gasteiger partial charge in [-0.2, -0.15) is 0 Å². The van der Waals surface area contributed by atoms with Crippen molar-refractivity contribution in [1.29, 1.82) is 0 Å². The minimum atomic E-state index is -0.521. The lowest BCUT2D eigenvalue weighted by atomic mass is 10.1. The number of carbonyl (C=O) groups excluding carboxylic acids is 2. The lowest BCUT2D eigenvalue weighted by Crippen LogP contribution is -2.43. The molecule has 0 aliphatic carbocycles. The van der Waals surface area contributed by atoms with Gasteiger partial charge in [-0.3, -0.25) is 9.59 Å². The van der Waals surface area contributed by atoms with E-state index < -0.39 is 5.91 Å². The van der Waals surface area contributed by atoms with Gasteiger partial charge in [0, 0.05) is 37.5 Å². The molecule has 1 aliphatic rings. The quantitative estimate of drug-likeness (QED) is 0.854. The first-order valence-corrected chi connectivity index (χ1v) is 8.90. The number of benzene rings is 1. The van der Waals surface area contributed by atoms with Crippen LogP contribution in [0.4, 0.5) is 0 Å². The predicted octanol–water partition coefficient (Wildman–Crippen LogP) is 1.79. The number of aromatic nitrogens is 2. The van der Waals surface area contributed by atoms with Crippen LogP contribution in [0.25, 0.3) is 0 Å². The molecule has 0 saturated carbocycles. The van der Waals surface area contributed by atoms with Crippen molar-refractivity contribution in [3.8, 4) is 5.75 Å². The van der Waals surface area contributed by atoms with E-state index in [0.717, 1.165) is 31.6 Å². The topological polar surface area (TPSA) is 90.4 Å². The van der Waals surface area contributed by atoms with Crippen molar-refractivity contribution in [3.63, 3.8) is 0 Å². The van der Waals surface area contributed by atoms with Crippen molar-refractivity contribution in [3.05, 3.63) is 48.0 Å². The highest BCUT2D eigenvalue weighted by molar-refractivity contribution is 5.93. The number of hydrogen-bond acceptors (Lipinski definition) is 4. The van der Waals surface area contributed by atoms with Crippen LogP contribution in [0.15, 0.2) is 36.7 Å². The van der Waals surface area contributed by atoms with Crippen LogP contribution in [0.5, 0.6) is 5.75 Å². The molecule has 1 unspecified atom stereocenters. The smallest absolute Gasteiger partial charge is 0.260 e. The molecule has 1 aliphatic heterocycles. The molecule has 7 nitrogen and oxygen atoms in total. The summed E-state index contributed by atoms with van der Waals surface area (Å²) in [6, 6.07) is 6.80. The van der Waals surface area contributed by atoms with Gasteiger partial charge in [0.2, 0.25) is 5.91 Å². The van der Waals surface area contributed by atoms with E-state index in [4.69, 9.17) is 10.5 Å². The second-order valence-corrected chi connectivity index (χ2v) is 6.42. The zero-order chi connectivity index (χ0) is 18.5. The van der Waals surface area contributed by atoms with E-state index in [2.05, 4.69) is 16.5 Å². The molecule has 0 spiro atoms. The standard InChI is InChI=1S/C19H24N4O3/c1-2-17-21-8-10-23(17)15-6-4-9-22(12-15)18(24)13-26-16-7-3-5-14(11-16)19(20)25/h3,5,7-8,10-11,15H,2,4,6,9,12-13H2,1H3,(H2,20,25). The third-order valence-electron chi connectivity index (χ3n) is 4.69. The van der Waals surface area contributed by atoms with Crippen molar-refractivity contribution in [2.75, 3.05) is 19.7 Å². The van der Waals surface area contributed by atoms with Gasteiger partial charge < -0.3 is 19.9 Å². The summed E-state index contributed by atoms with van der Waals surface area (Å²) in [4.78, 5) is 30.0. The lowest BCUT2D eigenvalue weighted by Gasteiger charge is -2.34. The Morgan fingerprint density at radius 2 is 2.23 bits per heavy atom. The van der Waals surface area contributed by atoms with Crippen LogP contribution in [-0.2, 0) is 11.2 Å². The Kier molecular flexibility index (Phi) is 5.55. The molecule has 0 radical (unpaired) electrons. The minimum Gasteiger partial charge on any atom is -0.484 e. The fraction of sp³-hybridized carbons (Fsp3) is 0.421. The van der Waals surface area contributed by atoms with Gasteiger partial charge in [-0.1, -0.05) is 13.0 Å². The summed E-state index contributed by atoms with van der Waals surface area (Å²) in [5.41, 5.74) is 5.62. The van der Waals surface area contributed by atoms with E-state index in [-0.39, 0.29) is 18.6 Å². The minimum absolute atomic E-state index is 0.0561. The Morgan fingerprint density at radius 3 is 3.00 bits per heavy atom. The zero-order valence-corrected chi connectivity index (χ0v) is 14.9. The summed E-state index contributed by atoms with van der Waals surface area (Å²) >= 11 is 0. The Bertz CT molecular complexity index is 787. The maximum Gasteiger partial charge on any atom is 0.260 e. The van der Waals surface area contributed by atoms with Crippen LogP contribution in [0.2, 0.25) is 0 Å². The molecule has 138 valence electrons. The summed E-state index contributed by atoms with van der Waals surface area (Å²) in [6.45, 7) is 3.42. The summed E-state index contributed by atoms with van der Waals surface area (Å²) in [7, 11) is 0. The molecule has 7 heteroatoms. The van der Waals surface area contributed by atoms with E-state index in [1.54, 1.807) is 24.3 Å². The molecule has 3 rings (SSSR count). The van der Waals surface area contributed by atoms with E-state index in [9.17, 15) is 9.59 Å². The third-order valence-corrected chi connectivity index (χ3v) is 4.69. The summed E-state index contributed by atoms with van der Waals surface area (Å²) in [5, 5.41) is 0. The summed E-state index contributed by atoms with van der Waals surface area (Å²) in [5.74, 6) is 0.931. The second-order valence-electron chi connectivity index (χ2n) is 6.42. The molecule has 1 atom stereocenters. The number of nitrogens with zero attached hydrogens (tertiary/aromatic N) is 3. The predicted molar refractivity (Wildman–Crippen MR) is 96.9 cm³/mol. The molecule has 26 heavy (non-hydrogen) atoms. The Labute approximate surface area is 152 Å². The first-order chi connectivity index (χ1) is 12.6. The number of likely N-dealkylation sites (tertiary alicyclic amines) is 1. The molecule has 1 aromatic carbocycles. The maximum atomic E-state index is 12.5. The molecule has 1 aromatic heterocycles. The van der Waals surface area contributed by atoms with Crippen molar-refractivity contribution in [2.24, 2.45) is 5.73 Å². The van der Waals surface area contributed by atoms with Gasteiger partial charge in [0.25, 0.3) is 5.91 Å². The molecule has 0 bridgehead atoms. The average molecular weight is 356 g/mol. The molecule has 2 aromatic rings. The lowest BCUT2D eigenvalue weighted by molar-refractivity contribution is -0.135. The molecule has 2 heterocycles. The van der Waals surface area contributed by atoms with Crippen molar-refractivity contribution in [1.82, 2.24) is 14.5 Å². The normalized spacial score (nSPS) is 17.1. The van der Waals surface area contributed by atoms with Crippen LogP contribution < -0.4 is 10.5 Å². The number of aryl methyl sites for hydroxylation is 1. The van der Waals surface area contributed by atoms with Gasteiger partial charge in [-0.25, -0.2) is 4.98 Å². The number of hydrogen-bond donors (Lipinski definition) is 1. The van der Waals surface area contributed by atoms with Crippen LogP contribution >= 0.6 is 0 Å². The fourth-order valence-electron chi connectivity index (χ4n) is 3.33. The van der Waals surface area contributed by atoms with E-state index in [1.165, 1.54) is 0 Å². The monoisotopic (exact) mass is 356 g/mol. The number of ether oxygens (including phenoxy) is 1. The highest BCUT2D eigenvalue weighted by Gasteiger charge is 2.25. The number of carbonyl (C=O) groups is 2. The molecule has 1 fully saturated rings. The number of primary amides is 1. The Balaban J connectivity index is 1.59. The number of imidazole rings is 1. The zero-order valence-electron chi connectivity index (χ0n) is 14.9. The van der Waals surface area contributed by atoms with Gasteiger partial charge in [0.05, 0.1) is 6.04 Å². The van der Waals surface area contributed by atoms with Crippen molar-refractivity contribution >= 4 is 11.8 Å². The Hall–Kier alpha value is -2.83. The Morgan fingerprint density at radius 1 is 1.38 bits per heavy atom. The van der Waals surface area contributed by atoms with Crippen LogP contribution in [0, 0.1) is 0 Å². The van der Waals surface area contributed by atoms with E-state index in [0.29, 0.717) is 17.9 Å². The average Bonchev–Trinajstić information content (AvgIpc) is 3.15. The molecule has 2 amide bonds. The van der Waals surface area contributed by atoms with E-state index in [1.807, 2.05) is 17.3 Å². The molecule has 1 saturated heterocycles. The molecular formula is C19H24N4O3. The van der Waals surface area contributed by atoms with Crippen molar-refractivity contribution < 1.29 is 14.3 Å². The number of rotatable bonds is 6. The highest BCUT2D eigenvalue weighted by Crippen LogP contribution is 2.23. The van der Waals surface area contributed by atoms with Crippen molar-refractivity contribution in [2.45, 2.75) is 32.2 Å². The number of piperidine rings is 1.